The topological polar surface area (TPSA) is 60.1 Å². The van der Waals surface area contributed by atoms with E-state index in [1.54, 1.807) is 0 Å². The fourth-order valence-corrected chi connectivity index (χ4v) is 1.68. The third-order valence-electron chi connectivity index (χ3n) is 3.05. The van der Waals surface area contributed by atoms with Crippen molar-refractivity contribution in [3.05, 3.63) is 24.5 Å². The Morgan fingerprint density at radius 2 is 2.07 bits per heavy atom. The second-order valence-corrected chi connectivity index (χ2v) is 4.16. The van der Waals surface area contributed by atoms with Crippen LogP contribution in [0.1, 0.15) is 12.8 Å². The van der Waals surface area contributed by atoms with Crippen LogP contribution in [0.15, 0.2) is 24.5 Å². The number of amides is 1. The molecule has 1 fully saturated rings. The van der Waals surface area contributed by atoms with Crippen LogP contribution in [0.3, 0.4) is 0 Å². The van der Waals surface area contributed by atoms with Gasteiger partial charge in [0.15, 0.2) is 0 Å². The first-order chi connectivity index (χ1) is 7.27. The minimum atomic E-state index is -0.226. The molecule has 0 radical (unpaired) electrons. The Kier molecular flexibility index (Phi) is 2.77. The first-order valence-corrected chi connectivity index (χ1v) is 5.36. The molecule has 0 spiro atoms. The van der Waals surface area contributed by atoms with Gasteiger partial charge in [0.25, 0.3) is 0 Å². The molecule has 0 aromatic carbocycles. The summed E-state index contributed by atoms with van der Waals surface area (Å²) in [4.78, 5) is 11.7. The molecule has 2 rings (SSSR count). The van der Waals surface area contributed by atoms with Crippen molar-refractivity contribution in [2.75, 3.05) is 13.1 Å². The number of hydrogen-bond acceptors (Lipinski definition) is 2. The van der Waals surface area contributed by atoms with Gasteiger partial charge in [-0.1, -0.05) is 0 Å². The average molecular weight is 207 g/mol. The van der Waals surface area contributed by atoms with Gasteiger partial charge in [-0.2, -0.15) is 0 Å². The highest BCUT2D eigenvalue weighted by molar-refractivity contribution is 5.85. The van der Waals surface area contributed by atoms with Gasteiger partial charge >= 0.3 is 0 Å². The summed E-state index contributed by atoms with van der Waals surface area (Å²) in [6.45, 7) is 1.97. The molecule has 1 heterocycles. The van der Waals surface area contributed by atoms with Gasteiger partial charge in [-0.25, -0.2) is 0 Å². The van der Waals surface area contributed by atoms with Crippen LogP contribution < -0.4 is 11.1 Å². The predicted molar refractivity (Wildman–Crippen MR) is 58.2 cm³/mol. The Morgan fingerprint density at radius 3 is 2.60 bits per heavy atom. The average Bonchev–Trinajstić information content (AvgIpc) is 2.90. The lowest BCUT2D eigenvalue weighted by atomic mass is 10.1. The highest BCUT2D eigenvalue weighted by Gasteiger charge is 2.48. The minimum absolute atomic E-state index is 0.122. The van der Waals surface area contributed by atoms with Gasteiger partial charge in [0.05, 0.1) is 5.41 Å². The van der Waals surface area contributed by atoms with Crippen molar-refractivity contribution in [3.63, 3.8) is 0 Å². The summed E-state index contributed by atoms with van der Waals surface area (Å²) in [6.07, 6.45) is 5.86. The summed E-state index contributed by atoms with van der Waals surface area (Å²) in [5, 5.41) is 2.93. The molecule has 0 atom stereocenters. The van der Waals surface area contributed by atoms with Crippen molar-refractivity contribution in [2.45, 2.75) is 19.4 Å². The van der Waals surface area contributed by atoms with Crippen molar-refractivity contribution < 1.29 is 4.79 Å². The molecular formula is C11H17N3O. The van der Waals surface area contributed by atoms with Crippen LogP contribution in [-0.2, 0) is 11.3 Å². The zero-order chi connectivity index (χ0) is 10.7. The van der Waals surface area contributed by atoms with Gasteiger partial charge in [-0.05, 0) is 25.0 Å². The number of rotatable bonds is 5. The largest absolute Gasteiger partial charge is 0.354 e. The number of aromatic nitrogens is 1. The van der Waals surface area contributed by atoms with Crippen LogP contribution in [0.2, 0.25) is 0 Å². The normalized spacial score (nSPS) is 17.4. The standard InChI is InChI=1S/C11H17N3O/c12-9-11(3-4-11)10(15)13-5-8-14-6-1-2-7-14/h1-2,6-7H,3-5,8-9,12H2,(H,13,15). The maximum atomic E-state index is 11.7. The van der Waals surface area contributed by atoms with E-state index >= 15 is 0 Å². The number of carbonyl (C=O) groups excluding carboxylic acids is 1. The molecule has 0 unspecified atom stereocenters. The molecule has 0 bridgehead atoms. The minimum Gasteiger partial charge on any atom is -0.354 e. The van der Waals surface area contributed by atoms with E-state index in [0.717, 1.165) is 19.4 Å². The van der Waals surface area contributed by atoms with E-state index in [0.29, 0.717) is 13.1 Å². The van der Waals surface area contributed by atoms with Crippen molar-refractivity contribution in [2.24, 2.45) is 11.1 Å². The van der Waals surface area contributed by atoms with Crippen LogP contribution in [-0.4, -0.2) is 23.6 Å². The lowest BCUT2D eigenvalue weighted by molar-refractivity contribution is -0.126. The maximum absolute atomic E-state index is 11.7. The molecule has 1 aromatic heterocycles. The molecule has 0 saturated heterocycles. The third kappa shape index (κ3) is 2.21. The fourth-order valence-electron chi connectivity index (χ4n) is 1.68. The first-order valence-electron chi connectivity index (χ1n) is 5.36. The van der Waals surface area contributed by atoms with E-state index in [-0.39, 0.29) is 11.3 Å². The van der Waals surface area contributed by atoms with Crippen molar-refractivity contribution in [1.29, 1.82) is 0 Å². The summed E-state index contributed by atoms with van der Waals surface area (Å²) < 4.78 is 2.04. The Bertz CT molecular complexity index is 328. The fraction of sp³-hybridized carbons (Fsp3) is 0.545. The van der Waals surface area contributed by atoms with Crippen LogP contribution in [0, 0.1) is 5.41 Å². The van der Waals surface area contributed by atoms with Crippen LogP contribution >= 0.6 is 0 Å². The zero-order valence-corrected chi connectivity index (χ0v) is 8.78. The smallest absolute Gasteiger partial charge is 0.227 e. The van der Waals surface area contributed by atoms with Crippen molar-refractivity contribution in [3.8, 4) is 0 Å². The molecule has 1 amide bonds. The molecule has 82 valence electrons. The third-order valence-corrected chi connectivity index (χ3v) is 3.05. The van der Waals surface area contributed by atoms with Gasteiger partial charge < -0.3 is 15.6 Å². The molecule has 3 N–H and O–H groups in total. The summed E-state index contributed by atoms with van der Waals surface area (Å²) >= 11 is 0. The first kappa shape index (κ1) is 10.2. The van der Waals surface area contributed by atoms with Gasteiger partial charge in [-0.3, -0.25) is 4.79 Å². The van der Waals surface area contributed by atoms with Crippen LogP contribution in [0.25, 0.3) is 0 Å². The second-order valence-electron chi connectivity index (χ2n) is 4.16. The molecular weight excluding hydrogens is 190 g/mol. The SMILES string of the molecule is NCC1(C(=O)NCCn2cccc2)CC1. The Labute approximate surface area is 89.5 Å². The summed E-state index contributed by atoms with van der Waals surface area (Å²) in [5.41, 5.74) is 5.34. The molecule has 15 heavy (non-hydrogen) atoms. The Balaban J connectivity index is 1.72. The quantitative estimate of drug-likeness (QED) is 0.731. The van der Waals surface area contributed by atoms with Gasteiger partial charge in [0.2, 0.25) is 5.91 Å². The monoisotopic (exact) mass is 207 g/mol. The van der Waals surface area contributed by atoms with Crippen molar-refractivity contribution >= 4 is 5.91 Å². The Morgan fingerprint density at radius 1 is 1.40 bits per heavy atom. The lowest BCUT2D eigenvalue weighted by Crippen LogP contribution is -2.37. The van der Waals surface area contributed by atoms with E-state index in [4.69, 9.17) is 5.73 Å². The number of nitrogens with one attached hydrogen (secondary N) is 1. The maximum Gasteiger partial charge on any atom is 0.227 e. The van der Waals surface area contributed by atoms with Gasteiger partial charge in [-0.15, -0.1) is 0 Å². The van der Waals surface area contributed by atoms with Gasteiger partial charge in [0, 0.05) is 32.0 Å². The summed E-state index contributed by atoms with van der Waals surface area (Å²) in [6, 6.07) is 3.95. The lowest BCUT2D eigenvalue weighted by Gasteiger charge is -2.12. The van der Waals surface area contributed by atoms with Crippen molar-refractivity contribution in [1.82, 2.24) is 9.88 Å². The summed E-state index contributed by atoms with van der Waals surface area (Å²) in [5.74, 6) is 0.122. The van der Waals surface area contributed by atoms with E-state index in [1.165, 1.54) is 0 Å². The molecule has 1 aromatic rings. The van der Waals surface area contributed by atoms with E-state index < -0.39 is 0 Å². The molecule has 0 aliphatic heterocycles. The number of hydrogen-bond donors (Lipinski definition) is 2. The van der Waals surface area contributed by atoms with Crippen LogP contribution in [0.5, 0.6) is 0 Å². The Hall–Kier alpha value is -1.29. The number of nitrogens with zero attached hydrogens (tertiary/aromatic N) is 1. The summed E-state index contributed by atoms with van der Waals surface area (Å²) in [7, 11) is 0. The van der Waals surface area contributed by atoms with E-state index in [1.807, 2.05) is 29.1 Å². The van der Waals surface area contributed by atoms with Gasteiger partial charge in [0.1, 0.15) is 0 Å². The number of carbonyl (C=O) groups is 1. The zero-order valence-electron chi connectivity index (χ0n) is 8.78. The predicted octanol–water partition coefficient (Wildman–Crippen LogP) is 0.343. The van der Waals surface area contributed by atoms with E-state index in [9.17, 15) is 4.79 Å². The van der Waals surface area contributed by atoms with Crippen LogP contribution in [0.4, 0.5) is 0 Å². The second kappa shape index (κ2) is 4.06. The van der Waals surface area contributed by atoms with E-state index in [2.05, 4.69) is 5.32 Å². The highest BCUT2D eigenvalue weighted by Crippen LogP contribution is 2.44. The molecule has 4 nitrogen and oxygen atoms in total. The molecule has 1 aliphatic rings. The molecule has 1 saturated carbocycles. The number of nitrogens with two attached hydrogens (primary N) is 1. The highest BCUT2D eigenvalue weighted by atomic mass is 16.2. The molecule has 4 heteroatoms. The molecule has 1 aliphatic carbocycles.